The number of carbonyl (C=O) groups is 1. The predicted octanol–water partition coefficient (Wildman–Crippen LogP) is 3.58. The van der Waals surface area contributed by atoms with E-state index in [1.165, 1.54) is 4.88 Å². The highest BCUT2D eigenvalue weighted by molar-refractivity contribution is 7.15. The minimum atomic E-state index is -0.211. The van der Waals surface area contributed by atoms with Gasteiger partial charge in [-0.2, -0.15) is 0 Å². The Morgan fingerprint density at radius 3 is 2.88 bits per heavy atom. The number of fused-ring (bicyclic) bond motifs is 1. The minimum Gasteiger partial charge on any atom is -0.484 e. The Morgan fingerprint density at radius 2 is 2.17 bits per heavy atom. The first-order chi connectivity index (χ1) is 11.5. The molecule has 1 N–H and O–H groups in total. The molecule has 0 spiro atoms. The molecule has 0 saturated carbocycles. The van der Waals surface area contributed by atoms with Crippen LogP contribution in [-0.4, -0.2) is 35.0 Å². The van der Waals surface area contributed by atoms with Gasteiger partial charge in [0.2, 0.25) is 0 Å². The lowest BCUT2D eigenvalue weighted by molar-refractivity contribution is -0.118. The van der Waals surface area contributed by atoms with E-state index in [2.05, 4.69) is 29.0 Å². The molecule has 1 aromatic carbocycles. The van der Waals surface area contributed by atoms with E-state index in [9.17, 15) is 4.79 Å². The van der Waals surface area contributed by atoms with Crippen LogP contribution in [0.25, 0.3) is 0 Å². The molecule has 2 heterocycles. The third kappa shape index (κ3) is 4.26. The second kappa shape index (κ2) is 7.51. The summed E-state index contributed by atoms with van der Waals surface area (Å²) >= 11 is 7.37. The average Bonchev–Trinajstić information content (AvgIpc) is 2.95. The summed E-state index contributed by atoms with van der Waals surface area (Å²) in [4.78, 5) is 20.2. The number of halogens is 1. The molecule has 7 heteroatoms. The molecule has 128 valence electrons. The van der Waals surface area contributed by atoms with Crippen LogP contribution in [0.3, 0.4) is 0 Å². The highest BCUT2D eigenvalue weighted by Crippen LogP contribution is 2.29. The molecule has 3 rings (SSSR count). The lowest BCUT2D eigenvalue weighted by atomic mass is 10.1. The number of hydrogen-bond acceptors (Lipinski definition) is 5. The van der Waals surface area contributed by atoms with Gasteiger partial charge in [-0.1, -0.05) is 11.6 Å². The third-order valence-corrected chi connectivity index (χ3v) is 5.17. The number of aromatic nitrogens is 1. The number of benzene rings is 1. The van der Waals surface area contributed by atoms with Gasteiger partial charge in [0.25, 0.3) is 5.91 Å². The van der Waals surface area contributed by atoms with Crippen molar-refractivity contribution in [2.24, 2.45) is 0 Å². The van der Waals surface area contributed by atoms with Crippen LogP contribution in [0.4, 0.5) is 5.13 Å². The maximum Gasteiger partial charge on any atom is 0.264 e. The maximum absolute atomic E-state index is 12.0. The molecule has 0 fully saturated rings. The van der Waals surface area contributed by atoms with Crippen LogP contribution in [0.1, 0.15) is 24.4 Å². The predicted molar refractivity (Wildman–Crippen MR) is 96.9 cm³/mol. The van der Waals surface area contributed by atoms with Crippen molar-refractivity contribution in [1.82, 2.24) is 9.88 Å². The van der Waals surface area contributed by atoms with Gasteiger partial charge in [0.05, 0.1) is 5.69 Å². The van der Waals surface area contributed by atoms with E-state index in [4.69, 9.17) is 16.3 Å². The van der Waals surface area contributed by atoms with Gasteiger partial charge in [0, 0.05) is 35.5 Å². The molecule has 1 amide bonds. The molecule has 0 bridgehead atoms. The topological polar surface area (TPSA) is 54.5 Å². The average molecular weight is 366 g/mol. The number of nitrogens with one attached hydrogen (secondary N) is 1. The zero-order valence-corrected chi connectivity index (χ0v) is 15.3. The zero-order valence-electron chi connectivity index (χ0n) is 13.7. The van der Waals surface area contributed by atoms with Crippen molar-refractivity contribution >= 4 is 34.0 Å². The van der Waals surface area contributed by atoms with Crippen LogP contribution in [0.15, 0.2) is 24.3 Å². The van der Waals surface area contributed by atoms with E-state index in [-0.39, 0.29) is 12.5 Å². The number of thiazole rings is 1. The fourth-order valence-corrected chi connectivity index (χ4v) is 3.72. The SMILES string of the molecule is CC(C)N1CCc2nc(NC(=O)COc3ccc(Cl)cc3)sc2C1. The van der Waals surface area contributed by atoms with E-state index in [1.807, 2.05) is 0 Å². The first-order valence-electron chi connectivity index (χ1n) is 7.92. The van der Waals surface area contributed by atoms with Crippen LogP contribution in [0, 0.1) is 0 Å². The van der Waals surface area contributed by atoms with Crippen molar-refractivity contribution in [2.45, 2.75) is 32.9 Å². The zero-order chi connectivity index (χ0) is 17.1. The van der Waals surface area contributed by atoms with E-state index in [0.29, 0.717) is 21.9 Å². The smallest absolute Gasteiger partial charge is 0.264 e. The molecule has 1 aliphatic rings. The lowest BCUT2D eigenvalue weighted by Crippen LogP contribution is -2.35. The van der Waals surface area contributed by atoms with Gasteiger partial charge < -0.3 is 4.74 Å². The standard InChI is InChI=1S/C17H20ClN3O2S/c1-11(2)21-8-7-14-15(9-21)24-17(19-14)20-16(22)10-23-13-5-3-12(18)4-6-13/h3-6,11H,7-10H2,1-2H3,(H,19,20,22). The van der Waals surface area contributed by atoms with Gasteiger partial charge in [-0.05, 0) is 38.1 Å². The highest BCUT2D eigenvalue weighted by atomic mass is 35.5. The number of ether oxygens (including phenoxy) is 1. The quantitative estimate of drug-likeness (QED) is 0.879. The first kappa shape index (κ1) is 17.2. The molecule has 0 aliphatic carbocycles. The van der Waals surface area contributed by atoms with Crippen molar-refractivity contribution in [1.29, 1.82) is 0 Å². The number of rotatable bonds is 5. The number of amides is 1. The Hall–Kier alpha value is -1.63. The monoisotopic (exact) mass is 365 g/mol. The van der Waals surface area contributed by atoms with E-state index < -0.39 is 0 Å². The Morgan fingerprint density at radius 1 is 1.42 bits per heavy atom. The second-order valence-corrected chi connectivity index (χ2v) is 7.51. The molecule has 0 atom stereocenters. The molecule has 2 aromatic rings. The molecule has 5 nitrogen and oxygen atoms in total. The van der Waals surface area contributed by atoms with Gasteiger partial charge >= 0.3 is 0 Å². The van der Waals surface area contributed by atoms with E-state index >= 15 is 0 Å². The van der Waals surface area contributed by atoms with Crippen LogP contribution in [0.5, 0.6) is 5.75 Å². The van der Waals surface area contributed by atoms with Gasteiger partial charge in [-0.15, -0.1) is 11.3 Å². The van der Waals surface area contributed by atoms with Crippen LogP contribution >= 0.6 is 22.9 Å². The Labute approximate surface area is 150 Å². The molecular weight excluding hydrogens is 346 g/mol. The summed E-state index contributed by atoms with van der Waals surface area (Å²) in [6.45, 7) is 6.26. The minimum absolute atomic E-state index is 0.0516. The van der Waals surface area contributed by atoms with Crippen LogP contribution in [0.2, 0.25) is 5.02 Å². The number of anilines is 1. The second-order valence-electron chi connectivity index (χ2n) is 5.99. The van der Waals surface area contributed by atoms with Crippen molar-refractivity contribution in [3.8, 4) is 5.75 Å². The largest absolute Gasteiger partial charge is 0.484 e. The summed E-state index contributed by atoms with van der Waals surface area (Å²) in [5, 5.41) is 4.11. The normalized spacial score (nSPS) is 14.5. The molecule has 0 radical (unpaired) electrons. The summed E-state index contributed by atoms with van der Waals surface area (Å²) in [5.41, 5.74) is 1.10. The van der Waals surface area contributed by atoms with Gasteiger partial charge in [-0.25, -0.2) is 4.98 Å². The van der Waals surface area contributed by atoms with Gasteiger partial charge in [0.15, 0.2) is 11.7 Å². The Bertz CT molecular complexity index is 715. The molecular formula is C17H20ClN3O2S. The van der Waals surface area contributed by atoms with Gasteiger partial charge in [0.1, 0.15) is 5.75 Å². The first-order valence-corrected chi connectivity index (χ1v) is 9.11. The summed E-state index contributed by atoms with van der Waals surface area (Å²) in [7, 11) is 0. The molecule has 0 unspecified atom stereocenters. The maximum atomic E-state index is 12.0. The molecule has 1 aliphatic heterocycles. The van der Waals surface area contributed by atoms with Crippen molar-refractivity contribution < 1.29 is 9.53 Å². The van der Waals surface area contributed by atoms with Crippen LogP contribution < -0.4 is 10.1 Å². The van der Waals surface area contributed by atoms with E-state index in [1.54, 1.807) is 35.6 Å². The summed E-state index contributed by atoms with van der Waals surface area (Å²) < 4.78 is 5.44. The summed E-state index contributed by atoms with van der Waals surface area (Å²) in [6, 6.07) is 7.44. The van der Waals surface area contributed by atoms with Gasteiger partial charge in [-0.3, -0.25) is 15.0 Å². The Balaban J connectivity index is 1.55. The summed E-state index contributed by atoms with van der Waals surface area (Å²) in [5.74, 6) is 0.400. The number of nitrogens with zero attached hydrogens (tertiary/aromatic N) is 2. The molecule has 0 saturated heterocycles. The molecule has 1 aromatic heterocycles. The fourth-order valence-electron chi connectivity index (χ4n) is 2.54. The van der Waals surface area contributed by atoms with Crippen molar-refractivity contribution in [2.75, 3.05) is 18.5 Å². The number of hydrogen-bond donors (Lipinski definition) is 1. The van der Waals surface area contributed by atoms with Crippen LogP contribution in [-0.2, 0) is 17.8 Å². The number of carbonyl (C=O) groups excluding carboxylic acids is 1. The highest BCUT2D eigenvalue weighted by Gasteiger charge is 2.22. The summed E-state index contributed by atoms with van der Waals surface area (Å²) in [6.07, 6.45) is 0.932. The Kier molecular flexibility index (Phi) is 5.38. The van der Waals surface area contributed by atoms with Crippen molar-refractivity contribution in [3.05, 3.63) is 39.9 Å². The lowest BCUT2D eigenvalue weighted by Gasteiger charge is -2.29. The third-order valence-electron chi connectivity index (χ3n) is 3.92. The van der Waals surface area contributed by atoms with E-state index in [0.717, 1.165) is 25.2 Å². The van der Waals surface area contributed by atoms with Crippen molar-refractivity contribution in [3.63, 3.8) is 0 Å². The fraction of sp³-hybridized carbons (Fsp3) is 0.412. The molecule has 24 heavy (non-hydrogen) atoms.